The second-order valence-corrected chi connectivity index (χ2v) is 5.72. The third-order valence-electron chi connectivity index (χ3n) is 3.19. The molecule has 0 radical (unpaired) electrons. The summed E-state index contributed by atoms with van der Waals surface area (Å²) in [6, 6.07) is 9.31. The van der Waals surface area contributed by atoms with Gasteiger partial charge in [-0.25, -0.2) is 0 Å². The highest BCUT2D eigenvalue weighted by Crippen LogP contribution is 2.22. The van der Waals surface area contributed by atoms with Crippen LogP contribution in [0, 0.1) is 11.3 Å². The molecule has 0 heterocycles. The number of ether oxygens (including phenoxy) is 1. The summed E-state index contributed by atoms with van der Waals surface area (Å²) in [5.74, 6) is 0.198. The fraction of sp³-hybridized carbons (Fsp3) is 0.467. The molecule has 1 aliphatic rings. The number of carbonyl (C=O) groups excluding carboxylic acids is 1. The minimum atomic E-state index is -0.138. The van der Waals surface area contributed by atoms with E-state index in [0.29, 0.717) is 11.3 Å². The Hall–Kier alpha value is -1.47. The molecule has 1 aromatic rings. The Balaban J connectivity index is 1.74. The Morgan fingerprint density at radius 3 is 2.58 bits per heavy atom. The molecule has 1 saturated carbocycles. The van der Waals surface area contributed by atoms with Crippen LogP contribution in [0.25, 0.3) is 0 Å². The van der Waals surface area contributed by atoms with E-state index < -0.39 is 0 Å². The average Bonchev–Trinajstić information content (AvgIpc) is 2.47. The van der Waals surface area contributed by atoms with Gasteiger partial charge in [0.15, 0.2) is 0 Å². The van der Waals surface area contributed by atoms with Crippen LogP contribution in [0.1, 0.15) is 37.7 Å². The van der Waals surface area contributed by atoms with Crippen molar-refractivity contribution in [2.45, 2.75) is 43.1 Å². The van der Waals surface area contributed by atoms with Crippen LogP contribution in [-0.2, 0) is 9.53 Å². The van der Waals surface area contributed by atoms with E-state index in [4.69, 9.17) is 10.00 Å². The molecule has 0 spiro atoms. The van der Waals surface area contributed by atoms with E-state index in [1.54, 1.807) is 12.1 Å². The van der Waals surface area contributed by atoms with E-state index in [1.807, 2.05) is 12.1 Å². The molecular formula is C15H17NO2S. The molecule has 1 aromatic carbocycles. The second-order valence-electron chi connectivity index (χ2n) is 4.67. The van der Waals surface area contributed by atoms with Crippen molar-refractivity contribution in [3.63, 3.8) is 0 Å². The highest BCUT2D eigenvalue weighted by molar-refractivity contribution is 8.00. The molecule has 0 aliphatic heterocycles. The molecular weight excluding hydrogens is 258 g/mol. The van der Waals surface area contributed by atoms with Crippen LogP contribution in [0.15, 0.2) is 29.2 Å². The average molecular weight is 275 g/mol. The smallest absolute Gasteiger partial charge is 0.316 e. The lowest BCUT2D eigenvalue weighted by molar-refractivity contribution is -0.147. The molecule has 0 bridgehead atoms. The Labute approximate surface area is 118 Å². The first-order chi connectivity index (χ1) is 9.28. The van der Waals surface area contributed by atoms with Crippen LogP contribution in [0.5, 0.6) is 0 Å². The van der Waals surface area contributed by atoms with Gasteiger partial charge in [-0.3, -0.25) is 4.79 Å². The lowest BCUT2D eigenvalue weighted by Crippen LogP contribution is -2.21. The molecule has 0 N–H and O–H groups in total. The number of benzene rings is 1. The first kappa shape index (κ1) is 14.0. The molecule has 3 nitrogen and oxygen atoms in total. The number of thioether (sulfide) groups is 1. The lowest BCUT2D eigenvalue weighted by Gasteiger charge is -2.21. The normalized spacial score (nSPS) is 15.7. The van der Waals surface area contributed by atoms with Gasteiger partial charge in [-0.15, -0.1) is 11.8 Å². The molecule has 0 unspecified atom stereocenters. The van der Waals surface area contributed by atoms with Crippen molar-refractivity contribution in [2.75, 3.05) is 5.75 Å². The number of nitriles is 1. The maximum absolute atomic E-state index is 11.7. The van der Waals surface area contributed by atoms with Gasteiger partial charge in [-0.2, -0.15) is 5.26 Å². The van der Waals surface area contributed by atoms with Crippen molar-refractivity contribution in [1.82, 2.24) is 0 Å². The van der Waals surface area contributed by atoms with Crippen molar-refractivity contribution in [3.05, 3.63) is 29.8 Å². The van der Waals surface area contributed by atoms with Crippen molar-refractivity contribution in [2.24, 2.45) is 0 Å². The van der Waals surface area contributed by atoms with Gasteiger partial charge in [-0.1, -0.05) is 6.42 Å². The highest BCUT2D eigenvalue weighted by atomic mass is 32.2. The molecule has 0 atom stereocenters. The summed E-state index contributed by atoms with van der Waals surface area (Å²) in [4.78, 5) is 12.7. The van der Waals surface area contributed by atoms with E-state index in [1.165, 1.54) is 31.0 Å². The largest absolute Gasteiger partial charge is 0.462 e. The molecule has 1 fully saturated rings. The van der Waals surface area contributed by atoms with E-state index in [2.05, 4.69) is 6.07 Å². The third-order valence-corrected chi connectivity index (χ3v) is 4.18. The van der Waals surface area contributed by atoms with Gasteiger partial charge in [0.2, 0.25) is 0 Å². The lowest BCUT2D eigenvalue weighted by atomic mass is 9.98. The van der Waals surface area contributed by atoms with Crippen molar-refractivity contribution in [1.29, 1.82) is 5.26 Å². The van der Waals surface area contributed by atoms with E-state index >= 15 is 0 Å². The van der Waals surface area contributed by atoms with Crippen LogP contribution in [0.2, 0.25) is 0 Å². The molecule has 100 valence electrons. The Kier molecular flexibility index (Phi) is 5.29. The van der Waals surface area contributed by atoms with Crippen molar-refractivity contribution < 1.29 is 9.53 Å². The van der Waals surface area contributed by atoms with Crippen LogP contribution >= 0.6 is 11.8 Å². The summed E-state index contributed by atoms with van der Waals surface area (Å²) in [5, 5.41) is 8.70. The third kappa shape index (κ3) is 4.60. The van der Waals surface area contributed by atoms with Gasteiger partial charge in [0.1, 0.15) is 6.10 Å². The van der Waals surface area contributed by atoms with Gasteiger partial charge < -0.3 is 4.74 Å². The minimum absolute atomic E-state index is 0.128. The van der Waals surface area contributed by atoms with E-state index in [0.717, 1.165) is 17.7 Å². The van der Waals surface area contributed by atoms with Crippen LogP contribution in [0.4, 0.5) is 0 Å². The maximum Gasteiger partial charge on any atom is 0.316 e. The minimum Gasteiger partial charge on any atom is -0.462 e. The topological polar surface area (TPSA) is 50.1 Å². The van der Waals surface area contributed by atoms with Crippen molar-refractivity contribution in [3.8, 4) is 6.07 Å². The zero-order chi connectivity index (χ0) is 13.5. The van der Waals surface area contributed by atoms with Gasteiger partial charge in [0.25, 0.3) is 0 Å². The summed E-state index contributed by atoms with van der Waals surface area (Å²) in [6.07, 6.45) is 5.73. The molecule has 1 aliphatic carbocycles. The summed E-state index contributed by atoms with van der Waals surface area (Å²) >= 11 is 1.45. The number of hydrogen-bond donors (Lipinski definition) is 0. The summed E-state index contributed by atoms with van der Waals surface area (Å²) in [6.45, 7) is 0. The number of rotatable bonds is 4. The highest BCUT2D eigenvalue weighted by Gasteiger charge is 2.17. The molecule has 2 rings (SSSR count). The molecule has 4 heteroatoms. The van der Waals surface area contributed by atoms with Crippen LogP contribution < -0.4 is 0 Å². The predicted molar refractivity (Wildman–Crippen MR) is 74.8 cm³/mol. The molecule has 0 aromatic heterocycles. The fourth-order valence-electron chi connectivity index (χ4n) is 2.17. The number of hydrogen-bond acceptors (Lipinski definition) is 4. The first-order valence-electron chi connectivity index (χ1n) is 6.60. The summed E-state index contributed by atoms with van der Waals surface area (Å²) in [7, 11) is 0. The standard InChI is InChI=1S/C15H17NO2S/c16-10-12-6-8-14(9-7-12)19-11-15(17)18-13-4-2-1-3-5-13/h6-9,13H,1-5,11H2. The number of nitrogens with zero attached hydrogens (tertiary/aromatic N) is 1. The Bertz CT molecular complexity index is 458. The monoisotopic (exact) mass is 275 g/mol. The summed E-state index contributed by atoms with van der Waals surface area (Å²) < 4.78 is 5.45. The molecule has 19 heavy (non-hydrogen) atoms. The van der Waals surface area contributed by atoms with Gasteiger partial charge in [0, 0.05) is 4.90 Å². The van der Waals surface area contributed by atoms with Crippen LogP contribution in [-0.4, -0.2) is 17.8 Å². The summed E-state index contributed by atoms with van der Waals surface area (Å²) in [5.41, 5.74) is 0.633. The fourth-order valence-corrected chi connectivity index (χ4v) is 2.85. The zero-order valence-electron chi connectivity index (χ0n) is 10.8. The van der Waals surface area contributed by atoms with Crippen LogP contribution in [0.3, 0.4) is 0 Å². The molecule has 0 saturated heterocycles. The second kappa shape index (κ2) is 7.20. The van der Waals surface area contributed by atoms with E-state index in [9.17, 15) is 4.79 Å². The quantitative estimate of drug-likeness (QED) is 0.623. The Morgan fingerprint density at radius 2 is 1.95 bits per heavy atom. The number of carbonyl (C=O) groups is 1. The van der Waals surface area contributed by atoms with Crippen molar-refractivity contribution >= 4 is 17.7 Å². The molecule has 0 amide bonds. The van der Waals surface area contributed by atoms with E-state index in [-0.39, 0.29) is 12.1 Å². The maximum atomic E-state index is 11.7. The van der Waals surface area contributed by atoms with Gasteiger partial charge in [0.05, 0.1) is 17.4 Å². The van der Waals surface area contributed by atoms with Gasteiger partial charge in [-0.05, 0) is 49.9 Å². The Morgan fingerprint density at radius 1 is 1.26 bits per heavy atom. The van der Waals surface area contributed by atoms with Gasteiger partial charge >= 0.3 is 5.97 Å². The first-order valence-corrected chi connectivity index (χ1v) is 7.59. The zero-order valence-corrected chi connectivity index (χ0v) is 11.6. The predicted octanol–water partition coefficient (Wildman–Crippen LogP) is 3.53. The number of esters is 1. The SMILES string of the molecule is N#Cc1ccc(SCC(=O)OC2CCCCC2)cc1.